The molecule has 0 bridgehead atoms. The Bertz CT molecular complexity index is 1120. The van der Waals surface area contributed by atoms with E-state index in [0.717, 1.165) is 5.56 Å². The predicted octanol–water partition coefficient (Wildman–Crippen LogP) is 0.782. The molecule has 0 unspecified atom stereocenters. The van der Waals surface area contributed by atoms with Gasteiger partial charge in [0, 0.05) is 13.2 Å². The maximum Gasteiger partial charge on any atom is 0.206 e. The molecule has 1 aliphatic heterocycles. The minimum Gasteiger partial charge on any atom is -0.490 e. The number of nitrogens with one attached hydrogen (secondary N) is 1. The van der Waals surface area contributed by atoms with Crippen molar-refractivity contribution in [3.05, 3.63) is 48.0 Å². The Morgan fingerprint density at radius 3 is 2.47 bits per heavy atom. The molecule has 4 rings (SSSR count). The molecule has 1 fully saturated rings. The number of ether oxygens (including phenoxy) is 3. The molecule has 2 heterocycles. The van der Waals surface area contributed by atoms with E-state index in [4.69, 9.17) is 24.4 Å². The second kappa shape index (κ2) is 12.3. The first kappa shape index (κ1) is 26.1. The molecule has 0 saturated carbocycles. The third-order valence-corrected chi connectivity index (χ3v) is 5.99. The largest absolute Gasteiger partial charge is 0.490 e. The van der Waals surface area contributed by atoms with Gasteiger partial charge in [0.25, 0.3) is 0 Å². The average molecular weight is 504 g/mol. The van der Waals surface area contributed by atoms with Crippen LogP contribution in [0.3, 0.4) is 0 Å². The molecular weight excluding hydrogens is 470 g/mol. The van der Waals surface area contributed by atoms with Gasteiger partial charge >= 0.3 is 0 Å². The van der Waals surface area contributed by atoms with Crippen LogP contribution in [0.15, 0.2) is 42.5 Å². The fraction of sp³-hybridized carbons (Fsp3) is 0.480. The van der Waals surface area contributed by atoms with Crippen LogP contribution in [0.1, 0.15) is 24.6 Å². The van der Waals surface area contributed by atoms with Gasteiger partial charge in [0.15, 0.2) is 17.7 Å². The van der Waals surface area contributed by atoms with E-state index in [2.05, 4.69) is 10.3 Å². The van der Waals surface area contributed by atoms with Crippen LogP contribution in [-0.2, 0) is 11.3 Å². The zero-order valence-corrected chi connectivity index (χ0v) is 19.9. The highest BCUT2D eigenvalue weighted by molar-refractivity contribution is 5.78. The van der Waals surface area contributed by atoms with E-state index < -0.39 is 31.1 Å². The van der Waals surface area contributed by atoms with E-state index in [0.29, 0.717) is 54.5 Å². The normalized spacial score (nSPS) is 21.7. The highest BCUT2D eigenvalue weighted by atomic mass is 16.6. The summed E-state index contributed by atoms with van der Waals surface area (Å²) in [5.41, 5.74) is 2.25. The minimum absolute atomic E-state index is 0.0949. The third kappa shape index (κ3) is 5.72. The van der Waals surface area contributed by atoms with Gasteiger partial charge in [-0.15, -0.1) is 0 Å². The summed E-state index contributed by atoms with van der Waals surface area (Å²) in [6.45, 7) is 0.455. The third-order valence-electron chi connectivity index (χ3n) is 5.99. The van der Waals surface area contributed by atoms with Gasteiger partial charge in [0.1, 0.15) is 24.9 Å². The number of hydrogen-bond donors (Lipinski definition) is 6. The van der Waals surface area contributed by atoms with Crippen molar-refractivity contribution in [3.8, 4) is 11.5 Å². The lowest BCUT2D eigenvalue weighted by Crippen LogP contribution is -2.33. The molecule has 11 nitrogen and oxygen atoms in total. The number of aromatic nitrogens is 2. The highest BCUT2D eigenvalue weighted by Crippen LogP contribution is 2.35. The van der Waals surface area contributed by atoms with Gasteiger partial charge in [0.05, 0.1) is 30.9 Å². The van der Waals surface area contributed by atoms with Crippen LogP contribution in [0.5, 0.6) is 11.5 Å². The first-order valence-electron chi connectivity index (χ1n) is 12.0. The van der Waals surface area contributed by atoms with Crippen LogP contribution in [0.25, 0.3) is 11.0 Å². The molecule has 0 spiro atoms. The fourth-order valence-corrected chi connectivity index (χ4v) is 4.15. The van der Waals surface area contributed by atoms with Crippen LogP contribution in [0, 0.1) is 0 Å². The summed E-state index contributed by atoms with van der Waals surface area (Å²) in [6.07, 6.45) is -3.01. The number of rotatable bonds is 13. The van der Waals surface area contributed by atoms with E-state index in [9.17, 15) is 15.3 Å². The van der Waals surface area contributed by atoms with E-state index >= 15 is 0 Å². The van der Waals surface area contributed by atoms with Crippen molar-refractivity contribution in [1.29, 1.82) is 0 Å². The Kier molecular flexibility index (Phi) is 8.97. The summed E-state index contributed by atoms with van der Waals surface area (Å²) < 4.78 is 18.9. The molecule has 0 aliphatic carbocycles. The average Bonchev–Trinajstić information content (AvgIpc) is 3.40. The number of unbranched alkanes of at least 4 members (excludes halogenated alkanes) is 1. The zero-order chi connectivity index (χ0) is 25.5. The molecule has 6 N–H and O–H groups in total. The minimum atomic E-state index is -1.25. The van der Waals surface area contributed by atoms with Crippen molar-refractivity contribution in [2.75, 3.05) is 38.4 Å². The molecule has 2 aromatic carbocycles. The summed E-state index contributed by atoms with van der Waals surface area (Å²) in [4.78, 5) is 4.64. The van der Waals surface area contributed by atoms with Crippen LogP contribution >= 0.6 is 0 Å². The monoisotopic (exact) mass is 503 g/mol. The van der Waals surface area contributed by atoms with Gasteiger partial charge in [-0.05, 0) is 42.7 Å². The SMILES string of the molecule is OCCCCOc1cc(CNc2nc3ccccc3n2[C@@H]2O[C@H](CO)[C@@H](O)[C@H]2O)ccc1OCCO. The van der Waals surface area contributed by atoms with E-state index in [1.54, 1.807) is 10.6 Å². The Labute approximate surface area is 208 Å². The number of nitrogens with zero attached hydrogens (tertiary/aromatic N) is 2. The topological polar surface area (TPSA) is 159 Å². The number of imidazole rings is 1. The Morgan fingerprint density at radius 2 is 1.72 bits per heavy atom. The predicted molar refractivity (Wildman–Crippen MR) is 131 cm³/mol. The molecule has 3 aromatic rings. The number of fused-ring (bicyclic) bond motifs is 1. The number of hydrogen-bond acceptors (Lipinski definition) is 10. The lowest BCUT2D eigenvalue weighted by molar-refractivity contribution is -0.0499. The summed E-state index contributed by atoms with van der Waals surface area (Å²) in [6, 6.07) is 12.8. The summed E-state index contributed by atoms with van der Waals surface area (Å²) in [7, 11) is 0. The van der Waals surface area contributed by atoms with Gasteiger partial charge in [-0.25, -0.2) is 4.98 Å². The molecule has 0 amide bonds. The van der Waals surface area contributed by atoms with Gasteiger partial charge in [-0.3, -0.25) is 4.57 Å². The number of benzene rings is 2. The Morgan fingerprint density at radius 1 is 0.917 bits per heavy atom. The van der Waals surface area contributed by atoms with Crippen molar-refractivity contribution in [2.45, 2.75) is 43.9 Å². The zero-order valence-electron chi connectivity index (χ0n) is 19.9. The molecule has 0 radical (unpaired) electrons. The van der Waals surface area contributed by atoms with Crippen LogP contribution in [0.4, 0.5) is 5.95 Å². The standard InChI is InChI=1S/C25H33N3O8/c29-9-3-4-11-34-20-13-16(7-8-19(20)35-12-10-30)14-26-25-27-17-5-1-2-6-18(17)28(25)24-23(33)22(32)21(15-31)36-24/h1-2,5-8,13,21-24,29-33H,3-4,9-12,14-15H2,(H,26,27)/t21-,22-,23-,24-/m1/s1. The lowest BCUT2D eigenvalue weighted by atomic mass is 10.1. The summed E-state index contributed by atoms with van der Waals surface area (Å²) in [5, 5.41) is 51.8. The van der Waals surface area contributed by atoms with Crippen molar-refractivity contribution in [2.24, 2.45) is 0 Å². The van der Waals surface area contributed by atoms with Crippen LogP contribution in [-0.4, -0.2) is 86.4 Å². The molecule has 196 valence electrons. The molecule has 1 aliphatic rings. The van der Waals surface area contributed by atoms with Gasteiger partial charge in [-0.1, -0.05) is 18.2 Å². The highest BCUT2D eigenvalue weighted by Gasteiger charge is 2.44. The fourth-order valence-electron chi connectivity index (χ4n) is 4.15. The second-order valence-corrected chi connectivity index (χ2v) is 8.51. The number of para-hydroxylation sites is 2. The quantitative estimate of drug-likeness (QED) is 0.184. The first-order chi connectivity index (χ1) is 17.6. The van der Waals surface area contributed by atoms with Crippen molar-refractivity contribution < 1.29 is 39.7 Å². The van der Waals surface area contributed by atoms with Gasteiger partial charge in [-0.2, -0.15) is 0 Å². The van der Waals surface area contributed by atoms with Crippen LogP contribution in [0.2, 0.25) is 0 Å². The number of anilines is 1. The van der Waals surface area contributed by atoms with Crippen molar-refractivity contribution >= 4 is 17.0 Å². The van der Waals surface area contributed by atoms with Gasteiger partial charge in [0.2, 0.25) is 5.95 Å². The van der Waals surface area contributed by atoms with Crippen molar-refractivity contribution in [3.63, 3.8) is 0 Å². The van der Waals surface area contributed by atoms with Crippen molar-refractivity contribution in [1.82, 2.24) is 9.55 Å². The Balaban J connectivity index is 1.56. The molecule has 4 atom stereocenters. The summed E-state index contributed by atoms with van der Waals surface area (Å²) >= 11 is 0. The maximum atomic E-state index is 10.6. The number of aliphatic hydroxyl groups excluding tert-OH is 5. The maximum absolute atomic E-state index is 10.6. The van der Waals surface area contributed by atoms with E-state index in [1.165, 1.54) is 0 Å². The first-order valence-corrected chi connectivity index (χ1v) is 12.0. The lowest BCUT2D eigenvalue weighted by Gasteiger charge is -2.20. The molecule has 36 heavy (non-hydrogen) atoms. The molecule has 1 saturated heterocycles. The van der Waals surface area contributed by atoms with E-state index in [1.807, 2.05) is 36.4 Å². The number of aliphatic hydroxyl groups is 5. The van der Waals surface area contributed by atoms with E-state index in [-0.39, 0.29) is 19.8 Å². The second-order valence-electron chi connectivity index (χ2n) is 8.51. The smallest absolute Gasteiger partial charge is 0.206 e. The summed E-state index contributed by atoms with van der Waals surface area (Å²) in [5.74, 6) is 1.46. The Hall–Kier alpha value is -2.93. The molecular formula is C25H33N3O8. The molecule has 1 aromatic heterocycles. The molecule has 11 heteroatoms. The van der Waals surface area contributed by atoms with Crippen LogP contribution < -0.4 is 14.8 Å². The van der Waals surface area contributed by atoms with Gasteiger partial charge < -0.3 is 45.1 Å².